The monoisotopic (exact) mass is 232 g/mol. The lowest BCUT2D eigenvalue weighted by atomic mass is 10.0. The highest BCUT2D eigenvalue weighted by atomic mass is 79.9. The second-order valence-corrected chi connectivity index (χ2v) is 3.83. The largest absolute Gasteiger partial charge is 0.506 e. The van der Waals surface area contributed by atoms with Gasteiger partial charge in [-0.1, -0.05) is 13.8 Å². The summed E-state index contributed by atoms with van der Waals surface area (Å²) in [4.78, 5) is 0. The van der Waals surface area contributed by atoms with E-state index in [0.29, 0.717) is 10.0 Å². The van der Waals surface area contributed by atoms with Crippen LogP contribution < -0.4 is 0 Å². The van der Waals surface area contributed by atoms with Gasteiger partial charge >= 0.3 is 0 Å². The number of rotatable bonds is 1. The molecule has 0 bridgehead atoms. The molecule has 66 valence electrons. The molecule has 0 unspecified atom stereocenters. The molecule has 1 nitrogen and oxygen atoms in total. The molecule has 0 spiro atoms. The van der Waals surface area contributed by atoms with Crippen LogP contribution in [0.25, 0.3) is 0 Å². The number of halogens is 2. The maximum atomic E-state index is 12.8. The van der Waals surface area contributed by atoms with Gasteiger partial charge in [-0.3, -0.25) is 0 Å². The number of benzene rings is 1. The van der Waals surface area contributed by atoms with E-state index in [4.69, 9.17) is 0 Å². The van der Waals surface area contributed by atoms with Gasteiger partial charge in [0.25, 0.3) is 0 Å². The van der Waals surface area contributed by atoms with E-state index >= 15 is 0 Å². The maximum Gasteiger partial charge on any atom is 0.133 e. The van der Waals surface area contributed by atoms with E-state index in [-0.39, 0.29) is 17.5 Å². The van der Waals surface area contributed by atoms with Crippen LogP contribution in [-0.4, -0.2) is 5.11 Å². The Labute approximate surface area is 79.4 Å². The molecule has 3 heteroatoms. The summed E-state index contributed by atoms with van der Waals surface area (Å²) in [5, 5.41) is 9.48. The highest BCUT2D eigenvalue weighted by Crippen LogP contribution is 2.33. The number of phenolic OH excluding ortho intramolecular Hbond substituents is 1. The first-order valence-corrected chi connectivity index (χ1v) is 4.49. The predicted octanol–water partition coefficient (Wildman–Crippen LogP) is 3.42. The summed E-state index contributed by atoms with van der Waals surface area (Å²) in [7, 11) is 0. The predicted molar refractivity (Wildman–Crippen MR) is 49.9 cm³/mol. The van der Waals surface area contributed by atoms with Crippen LogP contribution in [0.5, 0.6) is 5.75 Å². The zero-order valence-corrected chi connectivity index (χ0v) is 8.52. The van der Waals surface area contributed by atoms with E-state index in [9.17, 15) is 9.50 Å². The average molecular weight is 233 g/mol. The van der Waals surface area contributed by atoms with Crippen LogP contribution in [0.4, 0.5) is 4.39 Å². The molecule has 0 amide bonds. The molecular weight excluding hydrogens is 223 g/mol. The third kappa shape index (κ3) is 1.78. The van der Waals surface area contributed by atoms with E-state index in [1.165, 1.54) is 12.1 Å². The summed E-state index contributed by atoms with van der Waals surface area (Å²) in [6.07, 6.45) is 0. The smallest absolute Gasteiger partial charge is 0.133 e. The minimum Gasteiger partial charge on any atom is -0.506 e. The van der Waals surface area contributed by atoms with E-state index < -0.39 is 0 Å². The Morgan fingerprint density at radius 1 is 1.42 bits per heavy atom. The van der Waals surface area contributed by atoms with Crippen LogP contribution in [0.15, 0.2) is 16.6 Å². The van der Waals surface area contributed by atoms with Crippen molar-refractivity contribution in [3.63, 3.8) is 0 Å². The quantitative estimate of drug-likeness (QED) is 0.787. The minimum absolute atomic E-state index is 0.122. The number of aromatic hydroxyl groups is 1. The molecule has 12 heavy (non-hydrogen) atoms. The number of hydrogen-bond acceptors (Lipinski definition) is 1. The molecule has 1 rings (SSSR count). The highest BCUT2D eigenvalue weighted by molar-refractivity contribution is 9.10. The maximum absolute atomic E-state index is 12.8. The van der Waals surface area contributed by atoms with Crippen LogP contribution in [0.3, 0.4) is 0 Å². The second kappa shape index (κ2) is 3.44. The topological polar surface area (TPSA) is 20.2 Å². The molecule has 0 aliphatic heterocycles. The Balaban J connectivity index is 3.28. The van der Waals surface area contributed by atoms with Gasteiger partial charge in [0, 0.05) is 5.56 Å². The molecular formula is C9H10BrFO. The van der Waals surface area contributed by atoms with E-state index in [2.05, 4.69) is 15.9 Å². The molecule has 0 fully saturated rings. The van der Waals surface area contributed by atoms with E-state index in [0.717, 1.165) is 0 Å². The molecule has 1 aromatic rings. The summed E-state index contributed by atoms with van der Waals surface area (Å²) in [6.45, 7) is 3.81. The summed E-state index contributed by atoms with van der Waals surface area (Å²) >= 11 is 3.08. The van der Waals surface area contributed by atoms with E-state index in [1.54, 1.807) is 0 Å². The van der Waals surface area contributed by atoms with Crippen molar-refractivity contribution in [1.29, 1.82) is 0 Å². The summed E-state index contributed by atoms with van der Waals surface area (Å²) < 4.78 is 13.2. The fraction of sp³-hybridized carbons (Fsp3) is 0.333. The van der Waals surface area contributed by atoms with Crippen molar-refractivity contribution in [2.45, 2.75) is 19.8 Å². The first-order valence-electron chi connectivity index (χ1n) is 3.70. The van der Waals surface area contributed by atoms with Crippen molar-refractivity contribution in [3.05, 3.63) is 28.0 Å². The molecule has 0 aromatic heterocycles. The van der Waals surface area contributed by atoms with Crippen LogP contribution >= 0.6 is 15.9 Å². The Hall–Kier alpha value is -0.570. The van der Waals surface area contributed by atoms with Gasteiger partial charge in [-0.2, -0.15) is 0 Å². The first-order chi connectivity index (χ1) is 5.52. The fourth-order valence-corrected chi connectivity index (χ4v) is 1.47. The Morgan fingerprint density at radius 3 is 2.50 bits per heavy atom. The molecule has 0 atom stereocenters. The number of phenols is 1. The third-order valence-corrected chi connectivity index (χ3v) is 2.28. The normalized spacial score (nSPS) is 10.8. The third-order valence-electron chi connectivity index (χ3n) is 1.68. The first kappa shape index (κ1) is 9.52. The molecule has 1 N–H and O–H groups in total. The number of hydrogen-bond donors (Lipinski definition) is 1. The van der Waals surface area contributed by atoms with Crippen molar-refractivity contribution in [2.75, 3.05) is 0 Å². The van der Waals surface area contributed by atoms with Crippen molar-refractivity contribution < 1.29 is 9.50 Å². The molecule has 0 aliphatic carbocycles. The SMILES string of the molecule is CC(C)c1cc(F)cc(Br)c1O. The van der Waals surface area contributed by atoms with Gasteiger partial charge in [0.2, 0.25) is 0 Å². The van der Waals surface area contributed by atoms with Crippen molar-refractivity contribution >= 4 is 15.9 Å². The van der Waals surface area contributed by atoms with Gasteiger partial charge in [0.15, 0.2) is 0 Å². The standard InChI is InChI=1S/C9H10BrFO/c1-5(2)7-3-6(11)4-8(10)9(7)12/h3-5,12H,1-2H3. The van der Waals surface area contributed by atoms with Crippen LogP contribution in [0.2, 0.25) is 0 Å². The lowest BCUT2D eigenvalue weighted by molar-refractivity contribution is 0.458. The Bertz CT molecular complexity index is 297. The van der Waals surface area contributed by atoms with Gasteiger partial charge in [-0.15, -0.1) is 0 Å². The van der Waals surface area contributed by atoms with Gasteiger partial charge in [0.1, 0.15) is 11.6 Å². The highest BCUT2D eigenvalue weighted by Gasteiger charge is 2.10. The Kier molecular flexibility index (Phi) is 2.73. The molecule has 1 aromatic carbocycles. The van der Waals surface area contributed by atoms with Crippen LogP contribution in [0, 0.1) is 5.82 Å². The minimum atomic E-state index is -0.330. The second-order valence-electron chi connectivity index (χ2n) is 2.98. The van der Waals surface area contributed by atoms with E-state index in [1.807, 2.05) is 13.8 Å². The molecule has 0 saturated heterocycles. The van der Waals surface area contributed by atoms with Gasteiger partial charge in [0.05, 0.1) is 4.47 Å². The lowest BCUT2D eigenvalue weighted by Gasteiger charge is -2.09. The van der Waals surface area contributed by atoms with Crippen LogP contribution in [-0.2, 0) is 0 Å². The zero-order chi connectivity index (χ0) is 9.30. The van der Waals surface area contributed by atoms with Crippen molar-refractivity contribution in [2.24, 2.45) is 0 Å². The Morgan fingerprint density at radius 2 is 2.00 bits per heavy atom. The van der Waals surface area contributed by atoms with Crippen molar-refractivity contribution in [1.82, 2.24) is 0 Å². The van der Waals surface area contributed by atoms with Gasteiger partial charge in [-0.05, 0) is 34.0 Å². The van der Waals surface area contributed by atoms with Crippen molar-refractivity contribution in [3.8, 4) is 5.75 Å². The molecule has 0 saturated carbocycles. The molecule has 0 heterocycles. The molecule has 0 aliphatic rings. The van der Waals surface area contributed by atoms with Gasteiger partial charge < -0.3 is 5.11 Å². The summed E-state index contributed by atoms with van der Waals surface area (Å²) in [5.41, 5.74) is 0.627. The summed E-state index contributed by atoms with van der Waals surface area (Å²) in [5.74, 6) is -0.0771. The lowest BCUT2D eigenvalue weighted by Crippen LogP contribution is -1.90. The van der Waals surface area contributed by atoms with Gasteiger partial charge in [-0.25, -0.2) is 4.39 Å². The summed E-state index contributed by atoms with van der Waals surface area (Å²) in [6, 6.07) is 2.60. The average Bonchev–Trinajstić information content (AvgIpc) is 1.96. The fourth-order valence-electron chi connectivity index (χ4n) is 1.03. The molecule has 0 radical (unpaired) electrons. The zero-order valence-electron chi connectivity index (χ0n) is 6.94. The van der Waals surface area contributed by atoms with Crippen LogP contribution in [0.1, 0.15) is 25.3 Å².